The molecule has 1 aromatic carbocycles. The smallest absolute Gasteiger partial charge is 0.238 e. The Bertz CT molecular complexity index is 419. The summed E-state index contributed by atoms with van der Waals surface area (Å²) in [4.78, 5) is 11.3. The van der Waals surface area contributed by atoms with Crippen molar-refractivity contribution in [3.05, 3.63) is 27.8 Å². The van der Waals surface area contributed by atoms with Gasteiger partial charge in [0.1, 0.15) is 5.75 Å². The number of aryl methyl sites for hydroxylation is 1. The predicted octanol–water partition coefficient (Wildman–Crippen LogP) is 1.50. The second-order valence-corrected chi connectivity index (χ2v) is 3.94. The molecule has 1 aromatic rings. The summed E-state index contributed by atoms with van der Waals surface area (Å²) in [6, 6.07) is 1.81. The lowest BCUT2D eigenvalue weighted by molar-refractivity contribution is -0.120. The number of methoxy groups -OCH3 is 1. The van der Waals surface area contributed by atoms with Crippen molar-refractivity contribution in [1.29, 1.82) is 0 Å². The maximum atomic E-state index is 11.3. The summed E-state index contributed by atoms with van der Waals surface area (Å²) in [5.41, 5.74) is 4.63. The first-order valence-electron chi connectivity index (χ1n) is 4.83. The number of ether oxygens (including phenoxy) is 1. The van der Waals surface area contributed by atoms with Crippen LogP contribution in [0.15, 0.2) is 6.07 Å². The number of rotatable bonds is 3. The van der Waals surface area contributed by atoms with Crippen molar-refractivity contribution in [2.24, 2.45) is 5.84 Å². The van der Waals surface area contributed by atoms with E-state index in [-0.39, 0.29) is 12.3 Å². The molecule has 5 heteroatoms. The molecular formula is C11H15ClN2O2. The van der Waals surface area contributed by atoms with E-state index >= 15 is 0 Å². The first-order chi connectivity index (χ1) is 7.51. The molecule has 16 heavy (non-hydrogen) atoms. The van der Waals surface area contributed by atoms with Gasteiger partial charge in [-0.3, -0.25) is 10.2 Å². The van der Waals surface area contributed by atoms with Gasteiger partial charge in [0.15, 0.2) is 0 Å². The van der Waals surface area contributed by atoms with Gasteiger partial charge < -0.3 is 4.74 Å². The molecule has 0 bridgehead atoms. The molecule has 0 spiro atoms. The van der Waals surface area contributed by atoms with E-state index in [0.29, 0.717) is 10.8 Å². The first kappa shape index (κ1) is 12.8. The summed E-state index contributed by atoms with van der Waals surface area (Å²) >= 11 is 6.12. The number of amides is 1. The Hall–Kier alpha value is -1.26. The van der Waals surface area contributed by atoms with Gasteiger partial charge in [-0.2, -0.15) is 0 Å². The van der Waals surface area contributed by atoms with Crippen LogP contribution in [0.1, 0.15) is 16.7 Å². The second kappa shape index (κ2) is 5.18. The van der Waals surface area contributed by atoms with Crippen LogP contribution in [-0.2, 0) is 11.2 Å². The lowest BCUT2D eigenvalue weighted by Gasteiger charge is -2.14. The summed E-state index contributed by atoms with van der Waals surface area (Å²) in [7, 11) is 1.56. The third kappa shape index (κ3) is 2.46. The maximum absolute atomic E-state index is 11.3. The average molecular weight is 243 g/mol. The van der Waals surface area contributed by atoms with Gasteiger partial charge in [0, 0.05) is 10.6 Å². The van der Waals surface area contributed by atoms with Crippen LogP contribution in [0.3, 0.4) is 0 Å². The van der Waals surface area contributed by atoms with Gasteiger partial charge >= 0.3 is 0 Å². The maximum Gasteiger partial charge on any atom is 0.238 e. The molecule has 0 atom stereocenters. The molecule has 0 aromatic heterocycles. The Morgan fingerprint density at radius 1 is 1.56 bits per heavy atom. The number of hydrogen-bond donors (Lipinski definition) is 2. The zero-order chi connectivity index (χ0) is 12.3. The number of nitrogens with one attached hydrogen (secondary N) is 1. The fourth-order valence-electron chi connectivity index (χ4n) is 1.57. The van der Waals surface area contributed by atoms with E-state index < -0.39 is 0 Å². The number of halogens is 1. The van der Waals surface area contributed by atoms with Crippen LogP contribution < -0.4 is 16.0 Å². The van der Waals surface area contributed by atoms with Gasteiger partial charge in [-0.25, -0.2) is 5.84 Å². The topological polar surface area (TPSA) is 64.3 Å². The minimum Gasteiger partial charge on any atom is -0.496 e. The van der Waals surface area contributed by atoms with Crippen molar-refractivity contribution in [1.82, 2.24) is 5.43 Å². The minimum atomic E-state index is -0.277. The number of hydrogen-bond acceptors (Lipinski definition) is 3. The summed E-state index contributed by atoms with van der Waals surface area (Å²) < 4.78 is 5.23. The Balaban J connectivity index is 3.24. The lowest BCUT2D eigenvalue weighted by Crippen LogP contribution is -2.31. The van der Waals surface area contributed by atoms with E-state index in [0.717, 1.165) is 16.7 Å². The summed E-state index contributed by atoms with van der Waals surface area (Å²) in [5.74, 6) is 5.44. The van der Waals surface area contributed by atoms with Crippen LogP contribution in [0.2, 0.25) is 5.02 Å². The van der Waals surface area contributed by atoms with Crippen molar-refractivity contribution in [2.75, 3.05) is 7.11 Å². The number of carbonyl (C=O) groups is 1. The van der Waals surface area contributed by atoms with Crippen LogP contribution in [0.5, 0.6) is 5.75 Å². The number of benzene rings is 1. The van der Waals surface area contributed by atoms with Gasteiger partial charge in [-0.15, -0.1) is 0 Å². The molecule has 4 nitrogen and oxygen atoms in total. The molecule has 1 rings (SSSR count). The SMILES string of the molecule is COc1cc(C)c(Cl)c(C)c1CC(=O)NN. The Labute approximate surface area is 99.7 Å². The van der Waals surface area contributed by atoms with Gasteiger partial charge in [0.25, 0.3) is 0 Å². The van der Waals surface area contributed by atoms with Gasteiger partial charge in [-0.05, 0) is 31.0 Å². The standard InChI is InChI=1S/C11H15ClN2O2/c1-6-4-9(16-3)8(5-10(15)14-13)7(2)11(6)12/h4H,5,13H2,1-3H3,(H,14,15). The fourth-order valence-corrected chi connectivity index (χ4v) is 1.74. The van der Waals surface area contributed by atoms with E-state index in [1.807, 2.05) is 19.9 Å². The molecule has 0 aliphatic carbocycles. The van der Waals surface area contributed by atoms with Crippen molar-refractivity contribution >= 4 is 17.5 Å². The summed E-state index contributed by atoms with van der Waals surface area (Å²) in [6.45, 7) is 3.75. The van der Waals surface area contributed by atoms with E-state index in [1.54, 1.807) is 7.11 Å². The summed E-state index contributed by atoms with van der Waals surface area (Å²) in [6.07, 6.45) is 0.158. The van der Waals surface area contributed by atoms with E-state index in [2.05, 4.69) is 5.43 Å². The highest BCUT2D eigenvalue weighted by Gasteiger charge is 2.15. The van der Waals surface area contributed by atoms with E-state index in [9.17, 15) is 4.79 Å². The van der Waals surface area contributed by atoms with Crippen LogP contribution in [-0.4, -0.2) is 13.0 Å². The molecule has 0 radical (unpaired) electrons. The van der Waals surface area contributed by atoms with Crippen LogP contribution >= 0.6 is 11.6 Å². The number of carbonyl (C=O) groups excluding carboxylic acids is 1. The third-order valence-corrected chi connectivity index (χ3v) is 3.07. The Morgan fingerprint density at radius 2 is 2.19 bits per heavy atom. The third-order valence-electron chi connectivity index (χ3n) is 2.49. The fraction of sp³-hybridized carbons (Fsp3) is 0.364. The van der Waals surface area contributed by atoms with Gasteiger partial charge in [0.2, 0.25) is 5.91 Å². The molecule has 3 N–H and O–H groups in total. The Kier molecular flexibility index (Phi) is 4.15. The molecule has 0 aliphatic rings. The van der Waals surface area contributed by atoms with E-state index in [4.69, 9.17) is 22.2 Å². The average Bonchev–Trinajstić information content (AvgIpc) is 2.29. The summed E-state index contributed by atoms with van der Waals surface area (Å²) in [5, 5.41) is 0.653. The largest absolute Gasteiger partial charge is 0.496 e. The highest BCUT2D eigenvalue weighted by molar-refractivity contribution is 6.32. The Morgan fingerprint density at radius 3 is 2.69 bits per heavy atom. The molecule has 0 saturated heterocycles. The van der Waals surface area contributed by atoms with Crippen molar-refractivity contribution in [2.45, 2.75) is 20.3 Å². The molecule has 0 heterocycles. The highest BCUT2D eigenvalue weighted by Crippen LogP contribution is 2.31. The zero-order valence-electron chi connectivity index (χ0n) is 9.56. The highest BCUT2D eigenvalue weighted by atomic mass is 35.5. The van der Waals surface area contributed by atoms with E-state index in [1.165, 1.54) is 0 Å². The molecule has 0 fully saturated rings. The molecule has 1 amide bonds. The molecule has 0 unspecified atom stereocenters. The normalized spacial score (nSPS) is 10.1. The predicted molar refractivity (Wildman–Crippen MR) is 63.5 cm³/mol. The van der Waals surface area contributed by atoms with Crippen LogP contribution in [0, 0.1) is 13.8 Å². The number of hydrazine groups is 1. The monoisotopic (exact) mass is 242 g/mol. The van der Waals surface area contributed by atoms with Crippen molar-refractivity contribution in [3.63, 3.8) is 0 Å². The van der Waals surface area contributed by atoms with Gasteiger partial charge in [-0.1, -0.05) is 11.6 Å². The van der Waals surface area contributed by atoms with Crippen molar-refractivity contribution < 1.29 is 9.53 Å². The number of nitrogens with two attached hydrogens (primary N) is 1. The molecular weight excluding hydrogens is 228 g/mol. The van der Waals surface area contributed by atoms with Crippen LogP contribution in [0.4, 0.5) is 0 Å². The molecule has 0 aliphatic heterocycles. The molecule has 0 saturated carbocycles. The molecule has 88 valence electrons. The minimum absolute atomic E-state index is 0.158. The van der Waals surface area contributed by atoms with Crippen LogP contribution in [0.25, 0.3) is 0 Å². The lowest BCUT2D eigenvalue weighted by atomic mass is 10.0. The zero-order valence-corrected chi connectivity index (χ0v) is 10.3. The van der Waals surface area contributed by atoms with Crippen molar-refractivity contribution in [3.8, 4) is 5.75 Å². The van der Waals surface area contributed by atoms with Gasteiger partial charge in [0.05, 0.1) is 13.5 Å². The first-order valence-corrected chi connectivity index (χ1v) is 5.21. The second-order valence-electron chi connectivity index (χ2n) is 3.56. The quantitative estimate of drug-likeness (QED) is 0.480.